The van der Waals surface area contributed by atoms with Gasteiger partial charge in [-0.25, -0.2) is 4.39 Å². The third kappa shape index (κ3) is 3.97. The summed E-state index contributed by atoms with van der Waals surface area (Å²) in [6.45, 7) is 6.72. The van der Waals surface area contributed by atoms with Gasteiger partial charge in [0.05, 0.1) is 13.2 Å². The molecule has 0 aromatic heterocycles. The predicted octanol–water partition coefficient (Wildman–Crippen LogP) is 2.23. The molecule has 3 aliphatic rings. The van der Waals surface area contributed by atoms with Gasteiger partial charge in [0.15, 0.2) is 5.96 Å². The number of halogens is 1. The van der Waals surface area contributed by atoms with Crippen LogP contribution in [-0.4, -0.2) is 74.8 Å². The molecule has 3 fully saturated rings. The summed E-state index contributed by atoms with van der Waals surface area (Å²) in [5.41, 5.74) is 1.36. The summed E-state index contributed by atoms with van der Waals surface area (Å²) < 4.78 is 18.8. The number of hydrogen-bond acceptors (Lipinski definition) is 3. The van der Waals surface area contributed by atoms with Gasteiger partial charge in [0, 0.05) is 51.2 Å². The molecule has 27 heavy (non-hydrogen) atoms. The van der Waals surface area contributed by atoms with Gasteiger partial charge in [-0.1, -0.05) is 18.6 Å². The number of likely N-dealkylation sites (tertiary alicyclic amines) is 1. The second-order valence-corrected chi connectivity index (χ2v) is 8.08. The fraction of sp³-hybridized carbons (Fsp3) is 0.667. The van der Waals surface area contributed by atoms with E-state index in [2.05, 4.69) is 20.1 Å². The average molecular weight is 375 g/mol. The molecule has 1 unspecified atom stereocenters. The van der Waals surface area contributed by atoms with Gasteiger partial charge >= 0.3 is 0 Å². The molecule has 2 aliphatic heterocycles. The lowest BCUT2D eigenvalue weighted by atomic mass is 9.64. The van der Waals surface area contributed by atoms with Crippen LogP contribution in [0, 0.1) is 5.82 Å². The molecule has 2 saturated heterocycles. The summed E-state index contributed by atoms with van der Waals surface area (Å²) in [4.78, 5) is 9.49. The van der Waals surface area contributed by atoms with Crippen molar-refractivity contribution in [3.05, 3.63) is 35.6 Å². The molecule has 1 aromatic rings. The van der Waals surface area contributed by atoms with Gasteiger partial charge in [0.1, 0.15) is 5.82 Å². The van der Waals surface area contributed by atoms with Crippen molar-refractivity contribution in [3.63, 3.8) is 0 Å². The van der Waals surface area contributed by atoms with Crippen molar-refractivity contribution in [2.45, 2.75) is 37.1 Å². The van der Waals surface area contributed by atoms with E-state index >= 15 is 0 Å². The van der Waals surface area contributed by atoms with Gasteiger partial charge < -0.3 is 15.0 Å². The van der Waals surface area contributed by atoms with E-state index < -0.39 is 0 Å². The number of ether oxygens (including phenoxy) is 1. The van der Waals surface area contributed by atoms with Crippen LogP contribution in [0.15, 0.2) is 29.3 Å². The standard InChI is InChI=1S/C21H31FN4O/c1-23-20(26-10-7-19(15-26)25-11-13-27-14-12-25)24-16-21(8-2-9-21)17-3-5-18(22)6-4-17/h3-6,19H,2,7-16H2,1H3,(H,23,24). The summed E-state index contributed by atoms with van der Waals surface area (Å²) in [6, 6.07) is 7.66. The molecular formula is C21H31FN4O. The molecule has 0 amide bonds. The highest BCUT2D eigenvalue weighted by Crippen LogP contribution is 2.43. The largest absolute Gasteiger partial charge is 0.379 e. The molecule has 0 radical (unpaired) electrons. The minimum absolute atomic E-state index is 0.118. The highest BCUT2D eigenvalue weighted by atomic mass is 19.1. The predicted molar refractivity (Wildman–Crippen MR) is 106 cm³/mol. The van der Waals surface area contributed by atoms with E-state index in [-0.39, 0.29) is 11.2 Å². The fourth-order valence-electron chi connectivity index (χ4n) is 4.73. The number of benzene rings is 1. The number of morpholine rings is 1. The maximum absolute atomic E-state index is 13.3. The molecule has 0 spiro atoms. The van der Waals surface area contributed by atoms with E-state index in [4.69, 9.17) is 4.74 Å². The quantitative estimate of drug-likeness (QED) is 0.648. The van der Waals surface area contributed by atoms with Crippen molar-refractivity contribution in [1.82, 2.24) is 15.1 Å². The Morgan fingerprint density at radius 3 is 2.59 bits per heavy atom. The van der Waals surface area contributed by atoms with Crippen LogP contribution in [0.25, 0.3) is 0 Å². The monoisotopic (exact) mass is 374 g/mol. The minimum atomic E-state index is -0.164. The number of hydrogen-bond donors (Lipinski definition) is 1. The van der Waals surface area contributed by atoms with Gasteiger partial charge in [-0.2, -0.15) is 0 Å². The lowest BCUT2D eigenvalue weighted by Gasteiger charge is -2.43. The Morgan fingerprint density at radius 1 is 1.22 bits per heavy atom. The van der Waals surface area contributed by atoms with Gasteiger partial charge in [0.2, 0.25) is 0 Å². The summed E-state index contributed by atoms with van der Waals surface area (Å²) >= 11 is 0. The average Bonchev–Trinajstić information content (AvgIpc) is 3.16. The number of rotatable bonds is 4. The van der Waals surface area contributed by atoms with Crippen LogP contribution in [-0.2, 0) is 10.2 Å². The van der Waals surface area contributed by atoms with Crippen LogP contribution in [0.2, 0.25) is 0 Å². The Bertz CT molecular complexity index is 653. The maximum Gasteiger partial charge on any atom is 0.193 e. The Morgan fingerprint density at radius 2 is 1.96 bits per heavy atom. The molecule has 1 N–H and O–H groups in total. The molecule has 2 heterocycles. The minimum Gasteiger partial charge on any atom is -0.379 e. The molecule has 6 heteroatoms. The molecule has 4 rings (SSSR count). The van der Waals surface area contributed by atoms with Gasteiger partial charge in [-0.05, 0) is 37.0 Å². The number of nitrogens with one attached hydrogen (secondary N) is 1. The Labute approximate surface area is 161 Å². The third-order valence-electron chi connectivity index (χ3n) is 6.59. The SMILES string of the molecule is CN=C(NCC1(c2ccc(F)cc2)CCC1)N1CCC(N2CCOCC2)C1. The summed E-state index contributed by atoms with van der Waals surface area (Å²) in [7, 11) is 1.87. The van der Waals surface area contributed by atoms with Gasteiger partial charge in [-0.15, -0.1) is 0 Å². The van der Waals surface area contributed by atoms with Crippen molar-refractivity contribution < 1.29 is 9.13 Å². The van der Waals surface area contributed by atoms with Crippen LogP contribution in [0.5, 0.6) is 0 Å². The second kappa shape index (κ2) is 8.15. The Hall–Kier alpha value is -1.66. The number of guanidine groups is 1. The molecule has 1 atom stereocenters. The first kappa shape index (κ1) is 18.7. The molecule has 0 bridgehead atoms. The summed E-state index contributed by atoms with van der Waals surface area (Å²) in [5, 5.41) is 3.63. The van der Waals surface area contributed by atoms with Crippen LogP contribution >= 0.6 is 0 Å². The lowest BCUT2D eigenvalue weighted by molar-refractivity contribution is 0.0194. The van der Waals surface area contributed by atoms with E-state index in [0.29, 0.717) is 6.04 Å². The fourth-order valence-corrected chi connectivity index (χ4v) is 4.73. The highest BCUT2D eigenvalue weighted by Gasteiger charge is 2.39. The molecular weight excluding hydrogens is 343 g/mol. The molecule has 148 valence electrons. The highest BCUT2D eigenvalue weighted by molar-refractivity contribution is 5.80. The molecule has 5 nitrogen and oxygen atoms in total. The number of aliphatic imine (C=N–C) groups is 1. The smallest absolute Gasteiger partial charge is 0.193 e. The van der Waals surface area contributed by atoms with E-state index in [1.807, 2.05) is 19.2 Å². The van der Waals surface area contributed by atoms with E-state index in [1.165, 1.54) is 18.4 Å². The van der Waals surface area contributed by atoms with Gasteiger partial charge in [-0.3, -0.25) is 9.89 Å². The maximum atomic E-state index is 13.3. The lowest BCUT2D eigenvalue weighted by Crippen LogP contribution is -2.50. The summed E-state index contributed by atoms with van der Waals surface area (Å²) in [6.07, 6.45) is 4.72. The second-order valence-electron chi connectivity index (χ2n) is 8.08. The Kier molecular flexibility index (Phi) is 5.64. The van der Waals surface area contributed by atoms with Crippen molar-refractivity contribution in [2.24, 2.45) is 4.99 Å². The van der Waals surface area contributed by atoms with E-state index in [9.17, 15) is 4.39 Å². The van der Waals surface area contributed by atoms with Crippen molar-refractivity contribution in [2.75, 3.05) is 53.0 Å². The molecule has 1 aromatic carbocycles. The van der Waals surface area contributed by atoms with Gasteiger partial charge in [0.25, 0.3) is 0 Å². The van der Waals surface area contributed by atoms with E-state index in [0.717, 1.165) is 64.7 Å². The summed E-state index contributed by atoms with van der Waals surface area (Å²) in [5.74, 6) is 0.836. The normalized spacial score (nSPS) is 26.1. The Balaban J connectivity index is 1.36. The third-order valence-corrected chi connectivity index (χ3v) is 6.59. The van der Waals surface area contributed by atoms with Crippen molar-refractivity contribution >= 4 is 5.96 Å². The van der Waals surface area contributed by atoms with Crippen LogP contribution < -0.4 is 5.32 Å². The topological polar surface area (TPSA) is 40.1 Å². The zero-order valence-electron chi connectivity index (χ0n) is 16.3. The first-order chi connectivity index (χ1) is 13.2. The van der Waals surface area contributed by atoms with Crippen LogP contribution in [0.1, 0.15) is 31.2 Å². The number of nitrogens with zero attached hydrogens (tertiary/aromatic N) is 3. The first-order valence-electron chi connectivity index (χ1n) is 10.2. The van der Waals surface area contributed by atoms with Crippen LogP contribution in [0.4, 0.5) is 4.39 Å². The first-order valence-corrected chi connectivity index (χ1v) is 10.2. The molecule has 1 saturated carbocycles. The zero-order valence-corrected chi connectivity index (χ0v) is 16.3. The molecule has 1 aliphatic carbocycles. The van der Waals surface area contributed by atoms with Crippen molar-refractivity contribution in [3.8, 4) is 0 Å². The zero-order chi connectivity index (χ0) is 18.7. The van der Waals surface area contributed by atoms with Crippen molar-refractivity contribution in [1.29, 1.82) is 0 Å². The van der Waals surface area contributed by atoms with E-state index in [1.54, 1.807) is 12.1 Å². The van der Waals surface area contributed by atoms with Crippen LogP contribution in [0.3, 0.4) is 0 Å².